The average Bonchev–Trinajstić information content (AvgIpc) is 3.16. The molecule has 0 aliphatic heterocycles. The van der Waals surface area contributed by atoms with Crippen LogP contribution in [0.15, 0.2) is 36.5 Å². The van der Waals surface area contributed by atoms with Crippen LogP contribution in [0.1, 0.15) is 20.8 Å². The van der Waals surface area contributed by atoms with Crippen molar-refractivity contribution < 1.29 is 19.0 Å². The maximum atomic E-state index is 12.8. The van der Waals surface area contributed by atoms with Crippen molar-refractivity contribution in [2.24, 2.45) is 0 Å². The van der Waals surface area contributed by atoms with Crippen molar-refractivity contribution in [3.63, 3.8) is 0 Å². The maximum Gasteiger partial charge on any atom is 0.261 e. The molecular formula is C20H18Cl2N2O4S. The summed E-state index contributed by atoms with van der Waals surface area (Å²) in [5.74, 6) is 0.886. The van der Waals surface area contributed by atoms with Crippen LogP contribution in [0.25, 0.3) is 0 Å². The number of carbonyl (C=O) groups excluding carboxylic acids is 1. The van der Waals surface area contributed by atoms with E-state index in [1.54, 1.807) is 30.5 Å². The molecule has 29 heavy (non-hydrogen) atoms. The third kappa shape index (κ3) is 4.93. The number of carbonyl (C=O) groups is 1. The molecule has 0 fully saturated rings. The fourth-order valence-corrected chi connectivity index (χ4v) is 3.89. The Bertz CT molecular complexity index is 1040. The van der Waals surface area contributed by atoms with Crippen molar-refractivity contribution in [1.82, 2.24) is 4.98 Å². The van der Waals surface area contributed by atoms with Crippen LogP contribution < -0.4 is 19.5 Å². The van der Waals surface area contributed by atoms with E-state index in [4.69, 9.17) is 37.4 Å². The molecule has 0 saturated carbocycles. The molecule has 0 radical (unpaired) electrons. The van der Waals surface area contributed by atoms with Crippen molar-refractivity contribution in [3.8, 4) is 17.2 Å². The van der Waals surface area contributed by atoms with Crippen LogP contribution in [0.2, 0.25) is 10.0 Å². The van der Waals surface area contributed by atoms with Gasteiger partial charge in [0.05, 0.1) is 26.9 Å². The number of nitrogens with one attached hydrogen (secondary N) is 1. The van der Waals surface area contributed by atoms with Crippen LogP contribution in [0.4, 0.5) is 5.13 Å². The van der Waals surface area contributed by atoms with Crippen LogP contribution >= 0.6 is 34.5 Å². The Balaban J connectivity index is 1.79. The summed E-state index contributed by atoms with van der Waals surface area (Å²) < 4.78 is 15.8. The van der Waals surface area contributed by atoms with Crippen molar-refractivity contribution in [2.75, 3.05) is 26.6 Å². The molecule has 152 valence electrons. The summed E-state index contributed by atoms with van der Waals surface area (Å²) in [6.07, 6.45) is 2.26. The number of hydrogen-bond donors (Lipinski definition) is 1. The lowest BCUT2D eigenvalue weighted by atomic mass is 10.1. The predicted octanol–water partition coefficient (Wildman–Crippen LogP) is 5.32. The number of anilines is 1. The Hall–Kier alpha value is -2.48. The van der Waals surface area contributed by atoms with E-state index in [-0.39, 0.29) is 5.91 Å². The Morgan fingerprint density at radius 3 is 2.41 bits per heavy atom. The first-order chi connectivity index (χ1) is 13.9. The summed E-state index contributed by atoms with van der Waals surface area (Å²) in [4.78, 5) is 18.0. The molecule has 3 aromatic rings. The lowest BCUT2D eigenvalue weighted by Gasteiger charge is -2.13. The first kappa shape index (κ1) is 21.2. The summed E-state index contributed by atoms with van der Waals surface area (Å²) in [7, 11) is 4.49. The number of methoxy groups -OCH3 is 3. The van der Waals surface area contributed by atoms with E-state index < -0.39 is 0 Å². The second-order valence-electron chi connectivity index (χ2n) is 5.91. The summed E-state index contributed by atoms with van der Waals surface area (Å²) in [6, 6.07) is 8.47. The normalized spacial score (nSPS) is 10.5. The van der Waals surface area contributed by atoms with E-state index >= 15 is 0 Å². The lowest BCUT2D eigenvalue weighted by Crippen LogP contribution is -2.13. The molecule has 0 atom stereocenters. The molecule has 1 N–H and O–H groups in total. The highest BCUT2D eigenvalue weighted by Crippen LogP contribution is 2.35. The highest BCUT2D eigenvalue weighted by molar-refractivity contribution is 7.15. The van der Waals surface area contributed by atoms with Crippen molar-refractivity contribution in [2.45, 2.75) is 6.42 Å². The Labute approximate surface area is 182 Å². The van der Waals surface area contributed by atoms with Gasteiger partial charge in [-0.25, -0.2) is 4.98 Å². The third-order valence-corrected chi connectivity index (χ3v) is 5.61. The van der Waals surface area contributed by atoms with Crippen LogP contribution in [-0.2, 0) is 6.42 Å². The van der Waals surface area contributed by atoms with Gasteiger partial charge in [-0.2, -0.15) is 0 Å². The quantitative estimate of drug-likeness (QED) is 0.525. The first-order valence-electron chi connectivity index (χ1n) is 8.45. The number of nitrogens with zero attached hydrogens (tertiary/aromatic N) is 1. The van der Waals surface area contributed by atoms with Gasteiger partial charge in [0.15, 0.2) is 16.6 Å². The van der Waals surface area contributed by atoms with Gasteiger partial charge in [0.25, 0.3) is 5.91 Å². The van der Waals surface area contributed by atoms with Gasteiger partial charge in [-0.15, -0.1) is 11.3 Å². The highest BCUT2D eigenvalue weighted by atomic mass is 35.5. The number of benzene rings is 2. The van der Waals surface area contributed by atoms with Crippen LogP contribution in [0, 0.1) is 0 Å². The molecule has 0 unspecified atom stereocenters. The zero-order valence-electron chi connectivity index (χ0n) is 15.9. The topological polar surface area (TPSA) is 69.7 Å². The fourth-order valence-electron chi connectivity index (χ4n) is 2.68. The predicted molar refractivity (Wildman–Crippen MR) is 115 cm³/mol. The summed E-state index contributed by atoms with van der Waals surface area (Å²) in [5, 5.41) is 4.49. The molecule has 0 aliphatic rings. The lowest BCUT2D eigenvalue weighted by molar-refractivity contribution is 0.102. The molecule has 3 rings (SSSR count). The largest absolute Gasteiger partial charge is 0.496 e. The second-order valence-corrected chi connectivity index (χ2v) is 7.86. The van der Waals surface area contributed by atoms with Crippen molar-refractivity contribution in [3.05, 3.63) is 62.6 Å². The Kier molecular flexibility index (Phi) is 6.84. The number of thiazole rings is 1. The van der Waals surface area contributed by atoms with E-state index in [9.17, 15) is 4.79 Å². The Morgan fingerprint density at radius 1 is 1.03 bits per heavy atom. The molecule has 0 spiro atoms. The summed E-state index contributed by atoms with van der Waals surface area (Å²) in [6.45, 7) is 0. The minimum Gasteiger partial charge on any atom is -0.496 e. The Morgan fingerprint density at radius 2 is 1.72 bits per heavy atom. The number of aromatic nitrogens is 1. The fraction of sp³-hybridized carbons (Fsp3) is 0.200. The van der Waals surface area contributed by atoms with Gasteiger partial charge in [0.1, 0.15) is 5.75 Å². The molecule has 0 aliphatic carbocycles. The van der Waals surface area contributed by atoms with E-state index in [1.807, 2.05) is 6.07 Å². The monoisotopic (exact) mass is 452 g/mol. The number of amides is 1. The molecule has 0 bridgehead atoms. The van der Waals surface area contributed by atoms with Crippen LogP contribution in [0.3, 0.4) is 0 Å². The minimum absolute atomic E-state index is 0.305. The van der Waals surface area contributed by atoms with E-state index in [0.29, 0.717) is 44.4 Å². The van der Waals surface area contributed by atoms with Gasteiger partial charge < -0.3 is 14.2 Å². The molecule has 2 aromatic carbocycles. The number of rotatable bonds is 7. The molecule has 6 nitrogen and oxygen atoms in total. The summed E-state index contributed by atoms with van der Waals surface area (Å²) in [5.41, 5.74) is 1.20. The van der Waals surface area contributed by atoms with Gasteiger partial charge in [0, 0.05) is 39.7 Å². The molecular weight excluding hydrogens is 435 g/mol. The maximum absolute atomic E-state index is 12.8. The average molecular weight is 453 g/mol. The van der Waals surface area contributed by atoms with Gasteiger partial charge >= 0.3 is 0 Å². The van der Waals surface area contributed by atoms with Gasteiger partial charge in [-0.3, -0.25) is 10.1 Å². The zero-order chi connectivity index (χ0) is 21.0. The van der Waals surface area contributed by atoms with Crippen molar-refractivity contribution >= 4 is 45.6 Å². The molecule has 1 amide bonds. The number of ether oxygens (including phenoxy) is 3. The van der Waals surface area contributed by atoms with Gasteiger partial charge in [0.2, 0.25) is 0 Å². The molecule has 1 heterocycles. The van der Waals surface area contributed by atoms with Gasteiger partial charge in [-0.1, -0.05) is 23.2 Å². The first-order valence-corrected chi connectivity index (χ1v) is 10.0. The second kappa shape index (κ2) is 9.35. The SMILES string of the molecule is COc1cc(OC)c(C(=O)Nc2ncc(Cc3cc(Cl)ccc3Cl)s2)cc1OC. The minimum atomic E-state index is -0.371. The number of hydrogen-bond acceptors (Lipinski definition) is 6. The van der Waals surface area contributed by atoms with E-state index in [1.165, 1.54) is 32.7 Å². The van der Waals surface area contributed by atoms with Crippen LogP contribution in [0.5, 0.6) is 17.2 Å². The molecule has 1 aromatic heterocycles. The molecule has 9 heteroatoms. The number of halogens is 2. The van der Waals surface area contributed by atoms with Crippen LogP contribution in [-0.4, -0.2) is 32.2 Å². The van der Waals surface area contributed by atoms with E-state index in [0.717, 1.165) is 10.4 Å². The smallest absolute Gasteiger partial charge is 0.261 e. The standard InChI is InChI=1S/C20H18Cl2N2O4S/c1-26-16-9-18(28-3)17(27-2)8-14(16)19(25)24-20-23-10-13(29-20)7-11-6-12(21)4-5-15(11)22/h4-6,8-10H,7H2,1-3H3,(H,23,24,25). The summed E-state index contributed by atoms with van der Waals surface area (Å²) >= 11 is 13.6. The highest BCUT2D eigenvalue weighted by Gasteiger charge is 2.19. The van der Waals surface area contributed by atoms with Gasteiger partial charge in [-0.05, 0) is 23.8 Å². The molecule has 0 saturated heterocycles. The van der Waals surface area contributed by atoms with Crippen molar-refractivity contribution in [1.29, 1.82) is 0 Å². The van der Waals surface area contributed by atoms with E-state index in [2.05, 4.69) is 10.3 Å². The zero-order valence-corrected chi connectivity index (χ0v) is 18.2. The third-order valence-electron chi connectivity index (χ3n) is 4.10.